The Bertz CT molecular complexity index is 1730. The largest absolute Gasteiger partial charge is 0.497 e. The minimum absolute atomic E-state index is 0.0306. The number of rotatable bonds is 16. The van der Waals surface area contributed by atoms with E-state index >= 15 is 0 Å². The fourth-order valence-corrected chi connectivity index (χ4v) is 6.60. The number of nitrogens with zero attached hydrogens (tertiary/aromatic N) is 2. The van der Waals surface area contributed by atoms with Gasteiger partial charge in [-0.15, -0.1) is 0 Å². The quantitative estimate of drug-likeness (QED) is 0.164. The molecule has 10 heteroatoms. The Balaban J connectivity index is 1.84. The Morgan fingerprint density at radius 1 is 0.851 bits per heavy atom. The number of carbonyl (C=O) groups is 2. The van der Waals surface area contributed by atoms with E-state index in [9.17, 15) is 18.0 Å². The van der Waals surface area contributed by atoms with E-state index in [4.69, 9.17) is 9.47 Å². The van der Waals surface area contributed by atoms with Crippen molar-refractivity contribution in [2.75, 3.05) is 31.1 Å². The zero-order chi connectivity index (χ0) is 33.8. The molecule has 9 nitrogen and oxygen atoms in total. The van der Waals surface area contributed by atoms with Gasteiger partial charge < -0.3 is 19.7 Å². The summed E-state index contributed by atoms with van der Waals surface area (Å²) < 4.78 is 41.0. The van der Waals surface area contributed by atoms with Gasteiger partial charge in [0.25, 0.3) is 10.0 Å². The summed E-state index contributed by atoms with van der Waals surface area (Å²) in [5, 5.41) is 2.96. The lowest BCUT2D eigenvalue weighted by molar-refractivity contribution is -0.140. The molecule has 0 saturated heterocycles. The van der Waals surface area contributed by atoms with Crippen molar-refractivity contribution in [2.45, 2.75) is 51.1 Å². The van der Waals surface area contributed by atoms with Crippen molar-refractivity contribution in [3.05, 3.63) is 120 Å². The van der Waals surface area contributed by atoms with Crippen LogP contribution in [0.4, 0.5) is 5.69 Å². The van der Waals surface area contributed by atoms with Crippen molar-refractivity contribution in [1.82, 2.24) is 10.2 Å². The maximum Gasteiger partial charge on any atom is 0.264 e. The van der Waals surface area contributed by atoms with Crippen LogP contribution < -0.4 is 19.1 Å². The molecule has 1 atom stereocenters. The van der Waals surface area contributed by atoms with Crippen LogP contribution in [0.15, 0.2) is 108 Å². The molecule has 0 saturated carbocycles. The first kappa shape index (κ1) is 35.0. The minimum Gasteiger partial charge on any atom is -0.497 e. The number of carbonyl (C=O) groups excluding carboxylic acids is 2. The van der Waals surface area contributed by atoms with Gasteiger partial charge in [-0.2, -0.15) is 0 Å². The van der Waals surface area contributed by atoms with Gasteiger partial charge in [0.2, 0.25) is 11.8 Å². The number of amides is 2. The van der Waals surface area contributed by atoms with Gasteiger partial charge in [-0.1, -0.05) is 79.2 Å². The van der Waals surface area contributed by atoms with Gasteiger partial charge in [0.15, 0.2) is 0 Å². The zero-order valence-electron chi connectivity index (χ0n) is 27.4. The SMILES string of the molecule is CCCNC(=O)[C@@H](Cc1ccccc1)N(Cc1cccc(OC)c1)C(=O)CN(c1ccccc1OCC)S(=O)(=O)c1ccc(C)cc1. The monoisotopic (exact) mass is 657 g/mol. The molecule has 0 unspecified atom stereocenters. The highest BCUT2D eigenvalue weighted by Gasteiger charge is 2.35. The van der Waals surface area contributed by atoms with Crippen LogP contribution in [0.5, 0.6) is 11.5 Å². The summed E-state index contributed by atoms with van der Waals surface area (Å²) in [5.74, 6) is 0.0375. The molecule has 2 amide bonds. The maximum atomic E-state index is 14.7. The lowest BCUT2D eigenvalue weighted by atomic mass is 10.0. The fraction of sp³-hybridized carbons (Fsp3) is 0.297. The van der Waals surface area contributed by atoms with Crippen molar-refractivity contribution >= 4 is 27.5 Å². The Kier molecular flexibility index (Phi) is 12.4. The van der Waals surface area contributed by atoms with Crippen LogP contribution in [0.25, 0.3) is 0 Å². The van der Waals surface area contributed by atoms with E-state index in [1.165, 1.54) is 17.0 Å². The Morgan fingerprint density at radius 3 is 2.21 bits per heavy atom. The third-order valence-electron chi connectivity index (χ3n) is 7.63. The molecule has 4 aromatic carbocycles. The molecular weight excluding hydrogens is 614 g/mol. The lowest BCUT2D eigenvalue weighted by Crippen LogP contribution is -2.53. The Hall–Kier alpha value is -4.83. The van der Waals surface area contributed by atoms with Crippen LogP contribution in [-0.4, -0.2) is 58.0 Å². The van der Waals surface area contributed by atoms with Crippen LogP contribution in [-0.2, 0) is 32.6 Å². The molecule has 4 aromatic rings. The predicted molar refractivity (Wildman–Crippen MR) is 184 cm³/mol. The smallest absolute Gasteiger partial charge is 0.264 e. The van der Waals surface area contributed by atoms with E-state index in [1.807, 2.05) is 56.3 Å². The number of methoxy groups -OCH3 is 1. The Labute approximate surface area is 278 Å². The van der Waals surface area contributed by atoms with Crippen molar-refractivity contribution in [1.29, 1.82) is 0 Å². The number of hydrogen-bond donors (Lipinski definition) is 1. The van der Waals surface area contributed by atoms with E-state index in [0.717, 1.165) is 21.0 Å². The third-order valence-corrected chi connectivity index (χ3v) is 9.40. The van der Waals surface area contributed by atoms with Crippen LogP contribution >= 0.6 is 0 Å². The third kappa shape index (κ3) is 9.13. The van der Waals surface area contributed by atoms with Gasteiger partial charge >= 0.3 is 0 Å². The van der Waals surface area contributed by atoms with Crippen molar-refractivity contribution in [2.24, 2.45) is 0 Å². The number of benzene rings is 4. The standard InChI is InChI=1S/C37H43N3O6S/c1-5-23-38-37(42)34(25-29-13-8-7-9-14-29)39(26-30-15-12-16-31(24-30)45-4)36(41)27-40(33-17-10-11-18-35(33)46-6-2)47(43,44)32-21-19-28(3)20-22-32/h7-22,24,34H,5-6,23,25-27H2,1-4H3,(H,38,42)/t34-/m1/s1. The first-order valence-electron chi connectivity index (χ1n) is 15.7. The van der Waals surface area contributed by atoms with E-state index in [2.05, 4.69) is 5.32 Å². The Morgan fingerprint density at radius 2 is 1.53 bits per heavy atom. The molecular formula is C37H43N3O6S. The summed E-state index contributed by atoms with van der Waals surface area (Å²) in [6.07, 6.45) is 0.941. The first-order chi connectivity index (χ1) is 22.7. The van der Waals surface area contributed by atoms with Gasteiger partial charge in [-0.3, -0.25) is 13.9 Å². The van der Waals surface area contributed by atoms with E-state index in [1.54, 1.807) is 62.6 Å². The number of hydrogen-bond acceptors (Lipinski definition) is 6. The van der Waals surface area contributed by atoms with Crippen LogP contribution in [0, 0.1) is 6.92 Å². The van der Waals surface area contributed by atoms with Gasteiger partial charge in [0, 0.05) is 19.5 Å². The number of aryl methyl sites for hydroxylation is 1. The summed E-state index contributed by atoms with van der Waals surface area (Å²) >= 11 is 0. The molecule has 0 spiro atoms. The molecule has 0 aliphatic carbocycles. The normalized spacial score (nSPS) is 11.7. The molecule has 0 aromatic heterocycles. The van der Waals surface area contributed by atoms with E-state index in [0.29, 0.717) is 31.1 Å². The predicted octanol–water partition coefficient (Wildman–Crippen LogP) is 5.76. The molecule has 1 N–H and O–H groups in total. The molecule has 248 valence electrons. The van der Waals surface area contributed by atoms with Gasteiger partial charge in [-0.25, -0.2) is 8.42 Å². The minimum atomic E-state index is -4.26. The summed E-state index contributed by atoms with van der Waals surface area (Å²) in [7, 11) is -2.70. The summed E-state index contributed by atoms with van der Waals surface area (Å²) in [4.78, 5) is 30.0. The maximum absolute atomic E-state index is 14.7. The number of para-hydroxylation sites is 2. The number of sulfonamides is 1. The van der Waals surface area contributed by atoms with Gasteiger partial charge in [0.05, 0.1) is 24.3 Å². The summed E-state index contributed by atoms with van der Waals surface area (Å²) in [6, 6.07) is 29.0. The van der Waals surface area contributed by atoms with Crippen molar-refractivity contribution in [3.8, 4) is 11.5 Å². The molecule has 0 radical (unpaired) electrons. The van der Waals surface area contributed by atoms with Crippen LogP contribution in [0.3, 0.4) is 0 Å². The second-order valence-electron chi connectivity index (χ2n) is 11.1. The highest BCUT2D eigenvalue weighted by molar-refractivity contribution is 7.92. The average Bonchev–Trinajstić information content (AvgIpc) is 3.08. The second-order valence-corrected chi connectivity index (χ2v) is 13.0. The highest BCUT2D eigenvalue weighted by Crippen LogP contribution is 2.33. The molecule has 0 bridgehead atoms. The molecule has 0 aliphatic heterocycles. The molecule has 47 heavy (non-hydrogen) atoms. The molecule has 0 heterocycles. The lowest BCUT2D eigenvalue weighted by Gasteiger charge is -2.34. The first-order valence-corrected chi connectivity index (χ1v) is 17.2. The molecule has 0 fully saturated rings. The second kappa shape index (κ2) is 16.6. The highest BCUT2D eigenvalue weighted by atomic mass is 32.2. The average molecular weight is 658 g/mol. The van der Waals surface area contributed by atoms with Gasteiger partial charge in [0.1, 0.15) is 24.1 Å². The van der Waals surface area contributed by atoms with Crippen molar-refractivity contribution < 1.29 is 27.5 Å². The van der Waals surface area contributed by atoms with Crippen LogP contribution in [0.1, 0.15) is 37.0 Å². The van der Waals surface area contributed by atoms with E-state index < -0.39 is 28.5 Å². The summed E-state index contributed by atoms with van der Waals surface area (Å²) in [6.45, 7) is 5.82. The van der Waals surface area contributed by atoms with Gasteiger partial charge in [-0.05, 0) is 67.8 Å². The van der Waals surface area contributed by atoms with Crippen molar-refractivity contribution in [3.63, 3.8) is 0 Å². The van der Waals surface area contributed by atoms with Crippen LogP contribution in [0.2, 0.25) is 0 Å². The molecule has 0 aliphatic rings. The number of ether oxygens (including phenoxy) is 2. The fourth-order valence-electron chi connectivity index (χ4n) is 5.18. The number of nitrogens with one attached hydrogen (secondary N) is 1. The zero-order valence-corrected chi connectivity index (χ0v) is 28.2. The topological polar surface area (TPSA) is 105 Å². The van der Waals surface area contributed by atoms with E-state index in [-0.39, 0.29) is 29.5 Å². The molecule has 4 rings (SSSR count). The number of anilines is 1. The summed E-state index contributed by atoms with van der Waals surface area (Å²) in [5.41, 5.74) is 2.70.